The first kappa shape index (κ1) is 13.1. The Bertz CT molecular complexity index is 396. The fourth-order valence-electron chi connectivity index (χ4n) is 2.76. The summed E-state index contributed by atoms with van der Waals surface area (Å²) >= 11 is 0. The van der Waals surface area contributed by atoms with E-state index in [9.17, 15) is 4.79 Å². The lowest BCUT2D eigenvalue weighted by atomic mass is 9.87. The third-order valence-electron chi connectivity index (χ3n) is 4.00. The van der Waals surface area contributed by atoms with Gasteiger partial charge in [-0.25, -0.2) is 0 Å². The Kier molecular flexibility index (Phi) is 4.00. The van der Waals surface area contributed by atoms with Crippen LogP contribution < -0.4 is 0 Å². The van der Waals surface area contributed by atoms with E-state index in [2.05, 4.69) is 11.9 Å². The Balaban J connectivity index is 1.88. The van der Waals surface area contributed by atoms with E-state index in [1.54, 1.807) is 6.20 Å². The van der Waals surface area contributed by atoms with Crippen molar-refractivity contribution in [2.75, 3.05) is 13.6 Å². The molecule has 1 aliphatic carbocycles. The summed E-state index contributed by atoms with van der Waals surface area (Å²) in [5.41, 5.74) is 0.938. The molecule has 98 valence electrons. The van der Waals surface area contributed by atoms with E-state index >= 15 is 0 Å². The van der Waals surface area contributed by atoms with Gasteiger partial charge in [0.05, 0.1) is 0 Å². The highest BCUT2D eigenvalue weighted by Crippen LogP contribution is 2.38. The number of hydrogen-bond donors (Lipinski definition) is 0. The van der Waals surface area contributed by atoms with Gasteiger partial charge in [-0.1, -0.05) is 25.8 Å². The molecule has 1 heterocycles. The minimum absolute atomic E-state index is 0.112. The van der Waals surface area contributed by atoms with Crippen molar-refractivity contribution in [3.63, 3.8) is 0 Å². The number of likely N-dealkylation sites (N-methyl/N-ethyl adjacent to an activating group) is 1. The van der Waals surface area contributed by atoms with E-state index in [0.717, 1.165) is 31.5 Å². The Hall–Kier alpha value is -1.38. The lowest BCUT2D eigenvalue weighted by Crippen LogP contribution is -2.39. The largest absolute Gasteiger partial charge is 0.345 e. The molecule has 3 heteroatoms. The number of rotatable bonds is 4. The number of nitrogens with zero attached hydrogens (tertiary/aromatic N) is 2. The fraction of sp³-hybridized carbons (Fsp3) is 0.600. The molecule has 1 amide bonds. The number of carbonyl (C=O) groups excluding carboxylic acids is 1. The molecule has 1 aliphatic rings. The Morgan fingerprint density at radius 2 is 2.11 bits per heavy atom. The van der Waals surface area contributed by atoms with Gasteiger partial charge < -0.3 is 4.90 Å². The number of aromatic nitrogens is 1. The predicted molar refractivity (Wildman–Crippen MR) is 72.2 cm³/mol. The molecule has 0 radical (unpaired) electrons. The molecule has 0 bridgehead atoms. The van der Waals surface area contributed by atoms with Gasteiger partial charge >= 0.3 is 0 Å². The van der Waals surface area contributed by atoms with Crippen molar-refractivity contribution in [3.05, 3.63) is 30.1 Å². The highest BCUT2D eigenvalue weighted by Gasteiger charge is 2.37. The van der Waals surface area contributed by atoms with Crippen molar-refractivity contribution in [2.45, 2.75) is 39.0 Å². The van der Waals surface area contributed by atoms with Crippen molar-refractivity contribution in [3.8, 4) is 0 Å². The quantitative estimate of drug-likeness (QED) is 0.818. The van der Waals surface area contributed by atoms with Crippen LogP contribution in [0.15, 0.2) is 24.4 Å². The molecule has 1 fully saturated rings. The van der Waals surface area contributed by atoms with E-state index in [1.807, 2.05) is 30.1 Å². The van der Waals surface area contributed by atoms with Crippen molar-refractivity contribution >= 4 is 5.91 Å². The van der Waals surface area contributed by atoms with Crippen LogP contribution in [0.3, 0.4) is 0 Å². The fourth-order valence-corrected chi connectivity index (χ4v) is 2.76. The summed E-state index contributed by atoms with van der Waals surface area (Å²) in [5, 5.41) is 0. The van der Waals surface area contributed by atoms with Crippen LogP contribution in [-0.4, -0.2) is 29.4 Å². The minimum Gasteiger partial charge on any atom is -0.345 e. The van der Waals surface area contributed by atoms with E-state index < -0.39 is 0 Å². The van der Waals surface area contributed by atoms with Crippen molar-refractivity contribution < 1.29 is 4.79 Å². The third kappa shape index (κ3) is 2.89. The predicted octanol–water partition coefficient (Wildman–Crippen LogP) is 2.66. The standard InChI is InChI=1S/C15H22N2O/c1-15(9-4-5-10-15)14(18)17(2)12-8-13-7-3-6-11-16-13/h3,6-7,11H,4-5,8-10,12H2,1-2H3. The number of carbonyl (C=O) groups is 1. The summed E-state index contributed by atoms with van der Waals surface area (Å²) < 4.78 is 0. The van der Waals surface area contributed by atoms with Crippen molar-refractivity contribution in [1.29, 1.82) is 0 Å². The average Bonchev–Trinajstić information content (AvgIpc) is 2.84. The Morgan fingerprint density at radius 3 is 2.72 bits per heavy atom. The summed E-state index contributed by atoms with van der Waals surface area (Å²) in [5.74, 6) is 0.302. The number of pyridine rings is 1. The van der Waals surface area contributed by atoms with Gasteiger partial charge in [0.1, 0.15) is 0 Å². The van der Waals surface area contributed by atoms with Gasteiger partial charge in [-0.15, -0.1) is 0 Å². The topological polar surface area (TPSA) is 33.2 Å². The smallest absolute Gasteiger partial charge is 0.228 e. The van der Waals surface area contributed by atoms with Gasteiger partial charge in [0.2, 0.25) is 5.91 Å². The van der Waals surface area contributed by atoms with Gasteiger partial charge in [0.25, 0.3) is 0 Å². The maximum absolute atomic E-state index is 12.4. The van der Waals surface area contributed by atoms with Gasteiger partial charge in [-0.2, -0.15) is 0 Å². The summed E-state index contributed by atoms with van der Waals surface area (Å²) in [7, 11) is 1.91. The molecule has 0 N–H and O–H groups in total. The normalized spacial score (nSPS) is 17.7. The maximum Gasteiger partial charge on any atom is 0.228 e. The molecule has 0 spiro atoms. The van der Waals surface area contributed by atoms with E-state index in [1.165, 1.54) is 12.8 Å². The summed E-state index contributed by atoms with van der Waals surface area (Å²) in [6, 6.07) is 5.91. The van der Waals surface area contributed by atoms with E-state index in [4.69, 9.17) is 0 Å². The zero-order valence-electron chi connectivity index (χ0n) is 11.4. The monoisotopic (exact) mass is 246 g/mol. The van der Waals surface area contributed by atoms with Crippen molar-refractivity contribution in [2.24, 2.45) is 5.41 Å². The molecule has 0 unspecified atom stereocenters. The summed E-state index contributed by atoms with van der Waals surface area (Å²) in [6.07, 6.45) is 7.10. The second kappa shape index (κ2) is 5.51. The number of hydrogen-bond acceptors (Lipinski definition) is 2. The van der Waals surface area contributed by atoms with Gasteiger partial charge in [-0.05, 0) is 25.0 Å². The Morgan fingerprint density at radius 1 is 1.39 bits per heavy atom. The molecule has 1 saturated carbocycles. The van der Waals surface area contributed by atoms with Crippen LogP contribution in [0, 0.1) is 5.41 Å². The molecule has 0 saturated heterocycles. The molecular weight excluding hydrogens is 224 g/mol. The highest BCUT2D eigenvalue weighted by atomic mass is 16.2. The SMILES string of the molecule is CN(CCc1ccccn1)C(=O)C1(C)CCCC1. The molecule has 0 aromatic carbocycles. The van der Waals surface area contributed by atoms with Crippen molar-refractivity contribution in [1.82, 2.24) is 9.88 Å². The van der Waals surface area contributed by atoms with Gasteiger partial charge in [0.15, 0.2) is 0 Å². The molecular formula is C15H22N2O. The molecule has 1 aromatic rings. The lowest BCUT2D eigenvalue weighted by molar-refractivity contribution is -0.139. The van der Waals surface area contributed by atoms with Crippen LogP contribution in [0.25, 0.3) is 0 Å². The molecule has 0 aliphatic heterocycles. The van der Waals surface area contributed by atoms with Crippen LogP contribution in [0.4, 0.5) is 0 Å². The van der Waals surface area contributed by atoms with Crippen LogP contribution in [0.5, 0.6) is 0 Å². The molecule has 2 rings (SSSR count). The third-order valence-corrected chi connectivity index (χ3v) is 4.00. The molecule has 3 nitrogen and oxygen atoms in total. The van der Waals surface area contributed by atoms with Crippen LogP contribution in [0.2, 0.25) is 0 Å². The first-order chi connectivity index (χ1) is 8.62. The van der Waals surface area contributed by atoms with Crippen LogP contribution >= 0.6 is 0 Å². The molecule has 18 heavy (non-hydrogen) atoms. The minimum atomic E-state index is -0.112. The Labute approximate surface area is 109 Å². The maximum atomic E-state index is 12.4. The second-order valence-corrected chi connectivity index (χ2v) is 5.57. The zero-order valence-corrected chi connectivity index (χ0v) is 11.4. The van der Waals surface area contributed by atoms with E-state index in [0.29, 0.717) is 5.91 Å². The zero-order chi connectivity index (χ0) is 13.0. The van der Waals surface area contributed by atoms with Gasteiger partial charge in [-0.3, -0.25) is 9.78 Å². The summed E-state index contributed by atoms with van der Waals surface area (Å²) in [4.78, 5) is 18.6. The van der Waals surface area contributed by atoms with Gasteiger partial charge in [0, 0.05) is 37.3 Å². The average molecular weight is 246 g/mol. The highest BCUT2D eigenvalue weighted by molar-refractivity contribution is 5.82. The molecule has 1 aromatic heterocycles. The van der Waals surface area contributed by atoms with Crippen LogP contribution in [0.1, 0.15) is 38.3 Å². The summed E-state index contributed by atoms with van der Waals surface area (Å²) in [6.45, 7) is 2.87. The molecule has 0 atom stereocenters. The van der Waals surface area contributed by atoms with Crippen LogP contribution in [-0.2, 0) is 11.2 Å². The second-order valence-electron chi connectivity index (χ2n) is 5.57. The van der Waals surface area contributed by atoms with E-state index in [-0.39, 0.29) is 5.41 Å². The first-order valence-corrected chi connectivity index (χ1v) is 6.77. The first-order valence-electron chi connectivity index (χ1n) is 6.77. The lowest BCUT2D eigenvalue weighted by Gasteiger charge is -2.28. The number of amides is 1.